The Bertz CT molecular complexity index is 987. The fourth-order valence-electron chi connectivity index (χ4n) is 3.48. The van der Waals surface area contributed by atoms with Crippen LogP contribution in [0.15, 0.2) is 22.7 Å². The number of aromatic nitrogens is 1. The largest absolute Gasteiger partial charge is 0.491 e. The molecule has 32 heavy (non-hydrogen) atoms. The molecule has 2 heterocycles. The maximum atomic E-state index is 13.1. The zero-order valence-corrected chi connectivity index (χ0v) is 19.1. The van der Waals surface area contributed by atoms with Crippen LogP contribution in [0.25, 0.3) is 0 Å². The van der Waals surface area contributed by atoms with Gasteiger partial charge in [-0.15, -0.1) is 0 Å². The smallest absolute Gasteiger partial charge is 0.259 e. The van der Waals surface area contributed by atoms with Gasteiger partial charge in [-0.2, -0.15) is 0 Å². The Labute approximate surface area is 191 Å². The Balaban J connectivity index is 1.78. The number of benzene rings is 1. The van der Waals surface area contributed by atoms with Crippen LogP contribution in [-0.4, -0.2) is 60.1 Å². The molecule has 0 fully saturated rings. The van der Waals surface area contributed by atoms with E-state index in [0.29, 0.717) is 59.3 Å². The van der Waals surface area contributed by atoms with Gasteiger partial charge in [0.15, 0.2) is 0 Å². The normalized spacial score (nSPS) is 18.5. The van der Waals surface area contributed by atoms with Crippen molar-refractivity contribution in [1.29, 1.82) is 0 Å². The van der Waals surface area contributed by atoms with Gasteiger partial charge in [-0.25, -0.2) is 0 Å². The van der Waals surface area contributed by atoms with Gasteiger partial charge in [-0.1, -0.05) is 16.8 Å². The first-order valence-electron chi connectivity index (χ1n) is 10.5. The first-order chi connectivity index (χ1) is 15.3. The van der Waals surface area contributed by atoms with E-state index in [0.717, 1.165) is 0 Å². The maximum absolute atomic E-state index is 13.1. The highest BCUT2D eigenvalue weighted by molar-refractivity contribution is 6.31. The molecule has 1 aliphatic rings. The topological polar surface area (TPSA) is 114 Å². The van der Waals surface area contributed by atoms with Crippen molar-refractivity contribution in [2.45, 2.75) is 39.7 Å². The van der Waals surface area contributed by atoms with Crippen molar-refractivity contribution in [3.05, 3.63) is 45.8 Å². The monoisotopic (exact) mass is 462 g/mol. The fraction of sp³-hybridized carbons (Fsp3) is 0.455. The molecule has 0 radical (unpaired) electrons. The number of carbonyl (C=O) groups is 3. The second-order valence-corrected chi connectivity index (χ2v) is 8.25. The SMILES string of the molecule is Cc1noc(C)c1C(=O)N1CCCCNC(=O)c2cc(Cl)ccc2OC[C@@H](C)NC(=O)C1. The molecule has 1 atom stereocenters. The lowest BCUT2D eigenvalue weighted by molar-refractivity contribution is -0.122. The number of hydrogen-bond donors (Lipinski definition) is 2. The zero-order chi connectivity index (χ0) is 23.3. The highest BCUT2D eigenvalue weighted by Crippen LogP contribution is 2.23. The molecule has 172 valence electrons. The van der Waals surface area contributed by atoms with Gasteiger partial charge in [0, 0.05) is 18.1 Å². The molecule has 10 heteroatoms. The minimum Gasteiger partial charge on any atom is -0.491 e. The second-order valence-electron chi connectivity index (χ2n) is 7.81. The van der Waals surface area contributed by atoms with E-state index in [9.17, 15) is 14.4 Å². The van der Waals surface area contributed by atoms with Gasteiger partial charge in [0.05, 0.1) is 23.8 Å². The summed E-state index contributed by atoms with van der Waals surface area (Å²) in [4.78, 5) is 39.8. The summed E-state index contributed by atoms with van der Waals surface area (Å²) in [6.45, 7) is 5.93. The van der Waals surface area contributed by atoms with Crippen LogP contribution in [0.2, 0.25) is 5.02 Å². The molecule has 1 aromatic carbocycles. The van der Waals surface area contributed by atoms with E-state index in [4.69, 9.17) is 20.9 Å². The fourth-order valence-corrected chi connectivity index (χ4v) is 3.65. The van der Waals surface area contributed by atoms with E-state index in [2.05, 4.69) is 15.8 Å². The number of fused-ring (bicyclic) bond motifs is 1. The summed E-state index contributed by atoms with van der Waals surface area (Å²) < 4.78 is 10.9. The van der Waals surface area contributed by atoms with Crippen molar-refractivity contribution in [3.63, 3.8) is 0 Å². The van der Waals surface area contributed by atoms with Gasteiger partial charge in [-0.3, -0.25) is 14.4 Å². The van der Waals surface area contributed by atoms with E-state index in [-0.39, 0.29) is 36.9 Å². The number of nitrogens with one attached hydrogen (secondary N) is 2. The molecule has 0 saturated carbocycles. The van der Waals surface area contributed by atoms with Crippen molar-refractivity contribution < 1.29 is 23.6 Å². The molecule has 2 N–H and O–H groups in total. The van der Waals surface area contributed by atoms with Gasteiger partial charge in [0.1, 0.15) is 23.7 Å². The van der Waals surface area contributed by atoms with Crippen LogP contribution in [-0.2, 0) is 4.79 Å². The predicted molar refractivity (Wildman–Crippen MR) is 118 cm³/mol. The predicted octanol–water partition coefficient (Wildman–Crippen LogP) is 2.49. The van der Waals surface area contributed by atoms with Crippen molar-refractivity contribution in [1.82, 2.24) is 20.7 Å². The minimum absolute atomic E-state index is 0.105. The summed E-state index contributed by atoms with van der Waals surface area (Å²) >= 11 is 6.05. The molecule has 0 saturated heterocycles. The molecule has 0 bridgehead atoms. The molecule has 3 amide bonds. The summed E-state index contributed by atoms with van der Waals surface area (Å²) in [5.41, 5.74) is 1.18. The molecular weight excluding hydrogens is 436 g/mol. The van der Waals surface area contributed by atoms with Crippen molar-refractivity contribution >= 4 is 29.3 Å². The highest BCUT2D eigenvalue weighted by Gasteiger charge is 2.25. The lowest BCUT2D eigenvalue weighted by Gasteiger charge is -2.23. The molecule has 1 aliphatic heterocycles. The third kappa shape index (κ3) is 5.79. The number of amides is 3. The quantitative estimate of drug-likeness (QED) is 0.673. The number of ether oxygens (including phenoxy) is 1. The lowest BCUT2D eigenvalue weighted by atomic mass is 10.1. The van der Waals surface area contributed by atoms with E-state index in [1.165, 1.54) is 4.90 Å². The highest BCUT2D eigenvalue weighted by atomic mass is 35.5. The van der Waals surface area contributed by atoms with Crippen LogP contribution in [0, 0.1) is 13.8 Å². The number of carbonyl (C=O) groups excluding carboxylic acids is 3. The van der Waals surface area contributed by atoms with Crippen LogP contribution >= 0.6 is 11.6 Å². The van der Waals surface area contributed by atoms with Crippen LogP contribution < -0.4 is 15.4 Å². The Morgan fingerprint density at radius 1 is 1.25 bits per heavy atom. The molecule has 0 unspecified atom stereocenters. The second kappa shape index (κ2) is 10.5. The summed E-state index contributed by atoms with van der Waals surface area (Å²) in [6, 6.07) is 4.48. The molecule has 9 nitrogen and oxygen atoms in total. The van der Waals surface area contributed by atoms with E-state index < -0.39 is 0 Å². The van der Waals surface area contributed by atoms with E-state index >= 15 is 0 Å². The average Bonchev–Trinajstić information content (AvgIpc) is 3.08. The van der Waals surface area contributed by atoms with Gasteiger partial charge in [0.25, 0.3) is 11.8 Å². The number of halogens is 1. The Kier molecular flexibility index (Phi) is 7.74. The Hall–Kier alpha value is -3.07. The lowest BCUT2D eigenvalue weighted by Crippen LogP contribution is -2.45. The number of nitrogens with zero attached hydrogens (tertiary/aromatic N) is 2. The molecule has 0 aliphatic carbocycles. The third-order valence-electron chi connectivity index (χ3n) is 5.09. The van der Waals surface area contributed by atoms with E-state index in [1.54, 1.807) is 39.0 Å². The first kappa shape index (κ1) is 23.6. The van der Waals surface area contributed by atoms with E-state index in [1.807, 2.05) is 0 Å². The first-order valence-corrected chi connectivity index (χ1v) is 10.9. The summed E-state index contributed by atoms with van der Waals surface area (Å²) in [7, 11) is 0. The maximum Gasteiger partial charge on any atom is 0.259 e. The van der Waals surface area contributed by atoms with Crippen molar-refractivity contribution in [3.8, 4) is 5.75 Å². The summed E-state index contributed by atoms with van der Waals surface area (Å²) in [5, 5.41) is 9.96. The van der Waals surface area contributed by atoms with Crippen LogP contribution in [0.3, 0.4) is 0 Å². The number of aryl methyl sites for hydroxylation is 2. The van der Waals surface area contributed by atoms with Gasteiger partial charge < -0.3 is 24.8 Å². The number of hydrogen-bond acceptors (Lipinski definition) is 6. The van der Waals surface area contributed by atoms with Crippen molar-refractivity contribution in [2.24, 2.45) is 0 Å². The average molecular weight is 463 g/mol. The van der Waals surface area contributed by atoms with Gasteiger partial charge in [-0.05, 0) is 51.8 Å². The molecular formula is C22H27ClN4O5. The van der Waals surface area contributed by atoms with Crippen LogP contribution in [0.5, 0.6) is 5.75 Å². The van der Waals surface area contributed by atoms with Gasteiger partial charge in [0.2, 0.25) is 5.91 Å². The summed E-state index contributed by atoms with van der Waals surface area (Å²) in [6.07, 6.45) is 1.21. The molecule has 1 aromatic heterocycles. The Morgan fingerprint density at radius 3 is 2.75 bits per heavy atom. The third-order valence-corrected chi connectivity index (χ3v) is 5.33. The van der Waals surface area contributed by atoms with Gasteiger partial charge >= 0.3 is 0 Å². The number of rotatable bonds is 1. The molecule has 3 rings (SSSR count). The summed E-state index contributed by atoms with van der Waals surface area (Å²) in [5.74, 6) is -0.109. The zero-order valence-electron chi connectivity index (χ0n) is 18.4. The minimum atomic E-state index is -0.352. The molecule has 2 aromatic rings. The standard InChI is InChI=1S/C22H27ClN4O5/c1-13-12-31-18-7-6-16(23)10-17(18)21(29)24-8-4-5-9-27(11-19(28)25-13)22(30)20-14(2)26-32-15(20)3/h6-7,10,13H,4-5,8-9,11-12H2,1-3H3,(H,24,29)(H,25,28)/t13-/m1/s1. The Morgan fingerprint density at radius 2 is 2.03 bits per heavy atom. The van der Waals surface area contributed by atoms with Crippen LogP contribution in [0.4, 0.5) is 0 Å². The van der Waals surface area contributed by atoms with Crippen LogP contribution in [0.1, 0.15) is 51.9 Å². The molecule has 0 spiro atoms. The van der Waals surface area contributed by atoms with Crippen molar-refractivity contribution in [2.75, 3.05) is 26.2 Å².